The van der Waals surface area contributed by atoms with Crippen LogP contribution in [0, 0.1) is 6.92 Å². The second kappa shape index (κ2) is 8.11. The highest BCUT2D eigenvalue weighted by atomic mass is 16.5. The second-order valence-corrected chi connectivity index (χ2v) is 6.32. The molecule has 2 heterocycles. The number of carboxylic acids is 1. The van der Waals surface area contributed by atoms with Crippen molar-refractivity contribution in [3.05, 3.63) is 42.0 Å². The third kappa shape index (κ3) is 4.36. The molecule has 1 aliphatic heterocycles. The number of aliphatic carboxylic acids is 1. The maximum atomic E-state index is 11.6. The van der Waals surface area contributed by atoms with Crippen molar-refractivity contribution in [3.63, 3.8) is 0 Å². The molecule has 0 radical (unpaired) electrons. The zero-order valence-electron chi connectivity index (χ0n) is 14.5. The fourth-order valence-corrected chi connectivity index (χ4v) is 3.13. The molecular formula is C18H24N4O3. The summed E-state index contributed by atoms with van der Waals surface area (Å²) in [4.78, 5) is 13.6. The van der Waals surface area contributed by atoms with E-state index in [2.05, 4.69) is 10.2 Å². The molecule has 1 atom stereocenters. The molecule has 0 amide bonds. The normalized spacial score (nSPS) is 17.2. The first-order chi connectivity index (χ1) is 12.1. The van der Waals surface area contributed by atoms with Crippen molar-refractivity contribution >= 4 is 5.97 Å². The molecule has 1 aromatic heterocycles. The van der Waals surface area contributed by atoms with E-state index in [0.717, 1.165) is 43.2 Å². The number of unbranched alkanes of at least 4 members (excludes halogenated alkanes) is 2. The predicted octanol–water partition coefficient (Wildman–Crippen LogP) is 2.10. The Hall–Kier alpha value is -2.41. The van der Waals surface area contributed by atoms with Gasteiger partial charge >= 0.3 is 5.97 Å². The first-order valence-corrected chi connectivity index (χ1v) is 8.68. The van der Waals surface area contributed by atoms with Crippen molar-refractivity contribution in [1.82, 2.24) is 19.7 Å². The van der Waals surface area contributed by atoms with Crippen molar-refractivity contribution in [2.45, 2.75) is 45.3 Å². The van der Waals surface area contributed by atoms with Crippen molar-refractivity contribution < 1.29 is 14.6 Å². The summed E-state index contributed by atoms with van der Waals surface area (Å²) >= 11 is 0. The van der Waals surface area contributed by atoms with E-state index in [-0.39, 0.29) is 0 Å². The molecule has 0 saturated carbocycles. The predicted molar refractivity (Wildman–Crippen MR) is 92.4 cm³/mol. The average molecular weight is 344 g/mol. The smallest absolute Gasteiger partial charge is 0.322 e. The molecule has 0 bridgehead atoms. The molecule has 0 aliphatic carbocycles. The Bertz CT molecular complexity index is 702. The van der Waals surface area contributed by atoms with Crippen LogP contribution in [0.5, 0.6) is 5.75 Å². The SMILES string of the molecule is Cc1nnc2n1CC(C(=O)O)N(CCCCCOc1ccccc1)C2. The summed E-state index contributed by atoms with van der Waals surface area (Å²) in [7, 11) is 0. The largest absolute Gasteiger partial charge is 0.494 e. The van der Waals surface area contributed by atoms with Gasteiger partial charge in [0.2, 0.25) is 0 Å². The molecule has 25 heavy (non-hydrogen) atoms. The molecular weight excluding hydrogens is 320 g/mol. The van der Waals surface area contributed by atoms with Gasteiger partial charge < -0.3 is 14.4 Å². The fourth-order valence-electron chi connectivity index (χ4n) is 3.13. The molecule has 1 N–H and O–H groups in total. The first kappa shape index (κ1) is 17.4. The van der Waals surface area contributed by atoms with Crippen LogP contribution in [0.25, 0.3) is 0 Å². The van der Waals surface area contributed by atoms with Gasteiger partial charge in [0.25, 0.3) is 0 Å². The van der Waals surface area contributed by atoms with Gasteiger partial charge in [0.05, 0.1) is 19.7 Å². The Labute approximate surface area is 147 Å². The number of carboxylic acid groups (broad SMARTS) is 1. The zero-order chi connectivity index (χ0) is 17.6. The fraction of sp³-hybridized carbons (Fsp3) is 0.500. The number of benzene rings is 1. The molecule has 0 spiro atoms. The number of nitrogens with zero attached hydrogens (tertiary/aromatic N) is 4. The van der Waals surface area contributed by atoms with Crippen LogP contribution in [0.2, 0.25) is 0 Å². The summed E-state index contributed by atoms with van der Waals surface area (Å²) in [5.41, 5.74) is 0. The van der Waals surface area contributed by atoms with E-state index < -0.39 is 12.0 Å². The van der Waals surface area contributed by atoms with Crippen molar-refractivity contribution in [3.8, 4) is 5.75 Å². The second-order valence-electron chi connectivity index (χ2n) is 6.32. The van der Waals surface area contributed by atoms with E-state index in [9.17, 15) is 9.90 Å². The van der Waals surface area contributed by atoms with Gasteiger partial charge in [-0.3, -0.25) is 9.69 Å². The summed E-state index contributed by atoms with van der Waals surface area (Å²) in [5.74, 6) is 1.73. The van der Waals surface area contributed by atoms with E-state index in [1.54, 1.807) is 0 Å². The molecule has 0 fully saturated rings. The lowest BCUT2D eigenvalue weighted by Crippen LogP contribution is -2.48. The summed E-state index contributed by atoms with van der Waals surface area (Å²) in [6.45, 7) is 4.24. The van der Waals surface area contributed by atoms with Crippen LogP contribution >= 0.6 is 0 Å². The minimum atomic E-state index is -0.786. The molecule has 3 rings (SSSR count). The summed E-state index contributed by atoms with van der Waals surface area (Å²) in [6, 6.07) is 9.26. The maximum Gasteiger partial charge on any atom is 0.322 e. The number of rotatable bonds is 8. The number of aromatic nitrogens is 3. The highest BCUT2D eigenvalue weighted by molar-refractivity contribution is 5.73. The van der Waals surface area contributed by atoms with E-state index in [1.165, 1.54) is 0 Å². The van der Waals surface area contributed by atoms with E-state index in [4.69, 9.17) is 4.74 Å². The van der Waals surface area contributed by atoms with Crippen molar-refractivity contribution in [1.29, 1.82) is 0 Å². The van der Waals surface area contributed by atoms with Gasteiger partial charge in [-0.1, -0.05) is 18.2 Å². The highest BCUT2D eigenvalue weighted by Crippen LogP contribution is 2.19. The minimum absolute atomic E-state index is 0.417. The number of ether oxygens (including phenoxy) is 1. The molecule has 1 aliphatic rings. The van der Waals surface area contributed by atoms with Crippen LogP contribution in [0.3, 0.4) is 0 Å². The number of para-hydroxylation sites is 1. The minimum Gasteiger partial charge on any atom is -0.494 e. The molecule has 1 unspecified atom stereocenters. The van der Waals surface area contributed by atoms with Gasteiger partial charge in [0.1, 0.15) is 23.4 Å². The third-order valence-electron chi connectivity index (χ3n) is 4.54. The lowest BCUT2D eigenvalue weighted by Gasteiger charge is -2.33. The van der Waals surface area contributed by atoms with Crippen molar-refractivity contribution in [2.24, 2.45) is 0 Å². The quantitative estimate of drug-likeness (QED) is 0.739. The Balaban J connectivity index is 1.43. The monoisotopic (exact) mass is 344 g/mol. The van der Waals surface area contributed by atoms with Gasteiger partial charge in [-0.05, 0) is 44.9 Å². The van der Waals surface area contributed by atoms with Gasteiger partial charge in [-0.25, -0.2) is 0 Å². The lowest BCUT2D eigenvalue weighted by atomic mass is 10.1. The summed E-state index contributed by atoms with van der Waals surface area (Å²) < 4.78 is 7.58. The van der Waals surface area contributed by atoms with Crippen LogP contribution < -0.4 is 4.74 Å². The van der Waals surface area contributed by atoms with Gasteiger partial charge in [-0.15, -0.1) is 10.2 Å². The highest BCUT2D eigenvalue weighted by Gasteiger charge is 2.32. The first-order valence-electron chi connectivity index (χ1n) is 8.68. The molecule has 7 nitrogen and oxygen atoms in total. The lowest BCUT2D eigenvalue weighted by molar-refractivity contribution is -0.145. The summed E-state index contributed by atoms with van der Waals surface area (Å²) in [5, 5.41) is 17.7. The molecule has 7 heteroatoms. The van der Waals surface area contributed by atoms with Gasteiger partial charge in [0.15, 0.2) is 0 Å². The number of carbonyl (C=O) groups is 1. The number of fused-ring (bicyclic) bond motifs is 1. The van der Waals surface area contributed by atoms with Crippen molar-refractivity contribution in [2.75, 3.05) is 13.2 Å². The molecule has 134 valence electrons. The van der Waals surface area contributed by atoms with E-state index >= 15 is 0 Å². The van der Waals surface area contributed by atoms with Crippen LogP contribution in [0.4, 0.5) is 0 Å². The van der Waals surface area contributed by atoms with Crippen LogP contribution in [0.1, 0.15) is 30.9 Å². The Morgan fingerprint density at radius 2 is 2.04 bits per heavy atom. The topological polar surface area (TPSA) is 80.5 Å². The standard InChI is InChI=1S/C18H24N4O3/c1-14-19-20-17-13-21(16(18(23)24)12-22(14)17)10-6-3-7-11-25-15-8-4-2-5-9-15/h2,4-5,8-9,16H,3,6-7,10-13H2,1H3,(H,23,24). The summed E-state index contributed by atoms with van der Waals surface area (Å²) in [6.07, 6.45) is 2.90. The van der Waals surface area contributed by atoms with Gasteiger partial charge in [-0.2, -0.15) is 0 Å². The Morgan fingerprint density at radius 1 is 1.24 bits per heavy atom. The number of aryl methyl sites for hydroxylation is 1. The van der Waals surface area contributed by atoms with Crippen LogP contribution in [0.15, 0.2) is 30.3 Å². The van der Waals surface area contributed by atoms with Crippen LogP contribution in [-0.4, -0.2) is 49.9 Å². The number of hydrogen-bond donors (Lipinski definition) is 1. The van der Waals surface area contributed by atoms with Crippen LogP contribution in [-0.2, 0) is 17.9 Å². The van der Waals surface area contributed by atoms with E-state index in [0.29, 0.717) is 19.7 Å². The Kier molecular flexibility index (Phi) is 5.65. The molecule has 0 saturated heterocycles. The number of hydrogen-bond acceptors (Lipinski definition) is 5. The van der Waals surface area contributed by atoms with Gasteiger partial charge in [0, 0.05) is 0 Å². The van der Waals surface area contributed by atoms with E-state index in [1.807, 2.05) is 46.7 Å². The molecule has 1 aromatic carbocycles. The maximum absolute atomic E-state index is 11.6. The molecule has 2 aromatic rings. The third-order valence-corrected chi connectivity index (χ3v) is 4.54. The average Bonchev–Trinajstić information content (AvgIpc) is 2.98. The Morgan fingerprint density at radius 3 is 2.80 bits per heavy atom. The zero-order valence-corrected chi connectivity index (χ0v) is 14.5.